The maximum atomic E-state index is 12.3. The maximum absolute atomic E-state index is 12.3. The van der Waals surface area contributed by atoms with Gasteiger partial charge in [-0.15, -0.1) is 0 Å². The predicted octanol–water partition coefficient (Wildman–Crippen LogP) is 0.895. The van der Waals surface area contributed by atoms with Crippen LogP contribution in [0.4, 0.5) is 4.79 Å². The SMILES string of the molecule is COc1ccc(CNC(=O)CN2C(=O)C(=O)N(Cc3ccco3)C2=O)cc1. The molecule has 0 unspecified atom stereocenters. The van der Waals surface area contributed by atoms with Gasteiger partial charge in [0, 0.05) is 6.54 Å². The number of ether oxygens (including phenoxy) is 1. The largest absolute Gasteiger partial charge is 0.497 e. The Balaban J connectivity index is 1.57. The number of rotatable bonds is 7. The van der Waals surface area contributed by atoms with Crippen molar-refractivity contribution in [3.05, 3.63) is 54.0 Å². The van der Waals surface area contributed by atoms with E-state index in [4.69, 9.17) is 9.15 Å². The van der Waals surface area contributed by atoms with Crippen molar-refractivity contribution in [2.45, 2.75) is 13.1 Å². The number of hydrogen-bond donors (Lipinski definition) is 1. The molecule has 1 fully saturated rings. The topological polar surface area (TPSA) is 109 Å². The number of furan rings is 1. The van der Waals surface area contributed by atoms with Gasteiger partial charge >= 0.3 is 17.8 Å². The van der Waals surface area contributed by atoms with E-state index in [1.165, 1.54) is 6.26 Å². The Morgan fingerprint density at radius 1 is 1.07 bits per heavy atom. The van der Waals surface area contributed by atoms with Crippen LogP contribution >= 0.6 is 0 Å². The van der Waals surface area contributed by atoms with Gasteiger partial charge in [0.25, 0.3) is 0 Å². The number of amides is 5. The molecule has 2 aromatic rings. The van der Waals surface area contributed by atoms with E-state index in [-0.39, 0.29) is 13.1 Å². The monoisotopic (exact) mass is 371 g/mol. The first-order valence-electron chi connectivity index (χ1n) is 8.09. The zero-order valence-electron chi connectivity index (χ0n) is 14.5. The normalized spacial score (nSPS) is 14.0. The lowest BCUT2D eigenvalue weighted by atomic mass is 10.2. The molecule has 0 spiro atoms. The summed E-state index contributed by atoms with van der Waals surface area (Å²) in [6.45, 7) is -0.488. The standard InChI is InChI=1S/C18H17N3O6/c1-26-13-6-4-12(5-7-13)9-19-15(22)11-21-17(24)16(23)20(18(21)25)10-14-3-2-8-27-14/h2-8H,9-11H2,1H3,(H,19,22). The lowest BCUT2D eigenvalue weighted by Gasteiger charge is -2.14. The molecular weight excluding hydrogens is 354 g/mol. The molecule has 140 valence electrons. The van der Waals surface area contributed by atoms with Crippen LogP contribution in [-0.2, 0) is 27.5 Å². The van der Waals surface area contributed by atoms with Gasteiger partial charge in [-0.05, 0) is 29.8 Å². The van der Waals surface area contributed by atoms with Crippen molar-refractivity contribution in [1.82, 2.24) is 15.1 Å². The van der Waals surface area contributed by atoms with Crippen molar-refractivity contribution in [3.8, 4) is 5.75 Å². The highest BCUT2D eigenvalue weighted by Gasteiger charge is 2.45. The highest BCUT2D eigenvalue weighted by atomic mass is 16.5. The zero-order chi connectivity index (χ0) is 19.4. The fourth-order valence-corrected chi connectivity index (χ4v) is 2.53. The summed E-state index contributed by atoms with van der Waals surface area (Å²) in [6, 6.07) is 9.39. The molecule has 0 aliphatic carbocycles. The minimum absolute atomic E-state index is 0.166. The number of benzene rings is 1. The van der Waals surface area contributed by atoms with E-state index in [0.717, 1.165) is 10.5 Å². The van der Waals surface area contributed by atoms with Crippen molar-refractivity contribution in [2.24, 2.45) is 0 Å². The molecule has 5 amide bonds. The van der Waals surface area contributed by atoms with Crippen molar-refractivity contribution < 1.29 is 28.3 Å². The smallest absolute Gasteiger partial charge is 0.335 e. The highest BCUT2D eigenvalue weighted by Crippen LogP contribution is 2.16. The van der Waals surface area contributed by atoms with E-state index in [1.54, 1.807) is 43.5 Å². The quantitative estimate of drug-likeness (QED) is 0.572. The number of carbonyl (C=O) groups excluding carboxylic acids is 4. The molecule has 27 heavy (non-hydrogen) atoms. The van der Waals surface area contributed by atoms with Gasteiger partial charge in [0.2, 0.25) is 5.91 Å². The summed E-state index contributed by atoms with van der Waals surface area (Å²) in [5, 5.41) is 2.61. The molecule has 2 heterocycles. The second-order valence-corrected chi connectivity index (χ2v) is 5.77. The Bertz CT molecular complexity index is 860. The van der Waals surface area contributed by atoms with E-state index >= 15 is 0 Å². The van der Waals surface area contributed by atoms with E-state index in [1.807, 2.05) is 0 Å². The Morgan fingerprint density at radius 2 is 1.78 bits per heavy atom. The molecule has 1 saturated heterocycles. The summed E-state index contributed by atoms with van der Waals surface area (Å²) in [6.07, 6.45) is 1.40. The molecule has 9 nitrogen and oxygen atoms in total. The Kier molecular flexibility index (Phi) is 5.20. The molecule has 1 aliphatic heterocycles. The van der Waals surface area contributed by atoms with E-state index in [0.29, 0.717) is 16.4 Å². The Labute approximate surface area is 154 Å². The lowest BCUT2D eigenvalue weighted by molar-refractivity contribution is -0.144. The molecule has 1 aromatic heterocycles. The zero-order valence-corrected chi connectivity index (χ0v) is 14.5. The van der Waals surface area contributed by atoms with E-state index < -0.39 is 30.3 Å². The third kappa shape index (κ3) is 3.97. The second-order valence-electron chi connectivity index (χ2n) is 5.77. The second kappa shape index (κ2) is 7.73. The Hall–Kier alpha value is -3.62. The molecule has 1 N–H and O–H groups in total. The van der Waals surface area contributed by atoms with Gasteiger partial charge < -0.3 is 14.5 Å². The van der Waals surface area contributed by atoms with Gasteiger partial charge in [0.15, 0.2) is 0 Å². The van der Waals surface area contributed by atoms with E-state index in [9.17, 15) is 19.2 Å². The third-order valence-electron chi connectivity index (χ3n) is 3.98. The number of hydrogen-bond acceptors (Lipinski definition) is 6. The van der Waals surface area contributed by atoms with Crippen molar-refractivity contribution in [2.75, 3.05) is 13.7 Å². The molecular formula is C18H17N3O6. The molecule has 9 heteroatoms. The molecule has 0 bridgehead atoms. The van der Waals surface area contributed by atoms with Crippen molar-refractivity contribution in [1.29, 1.82) is 0 Å². The summed E-state index contributed by atoms with van der Waals surface area (Å²) < 4.78 is 10.1. The molecule has 1 aliphatic rings. The first-order valence-corrected chi connectivity index (χ1v) is 8.09. The fourth-order valence-electron chi connectivity index (χ4n) is 2.53. The van der Waals surface area contributed by atoms with Crippen LogP contribution in [0, 0.1) is 0 Å². The highest BCUT2D eigenvalue weighted by molar-refractivity contribution is 6.44. The van der Waals surface area contributed by atoms with Gasteiger partial charge in [-0.2, -0.15) is 0 Å². The summed E-state index contributed by atoms with van der Waals surface area (Å²) in [5.41, 5.74) is 0.818. The minimum Gasteiger partial charge on any atom is -0.497 e. The summed E-state index contributed by atoms with van der Waals surface area (Å²) in [7, 11) is 1.55. The summed E-state index contributed by atoms with van der Waals surface area (Å²) >= 11 is 0. The van der Waals surface area contributed by atoms with Gasteiger partial charge in [-0.25, -0.2) is 14.6 Å². The van der Waals surface area contributed by atoms with Crippen LogP contribution in [0.25, 0.3) is 0 Å². The Morgan fingerprint density at radius 3 is 2.41 bits per heavy atom. The molecule has 3 rings (SSSR count). The van der Waals surface area contributed by atoms with Crippen LogP contribution in [0.5, 0.6) is 5.75 Å². The average molecular weight is 371 g/mol. The van der Waals surface area contributed by atoms with E-state index in [2.05, 4.69) is 5.32 Å². The number of urea groups is 1. The maximum Gasteiger partial charge on any atom is 0.335 e. The first-order chi connectivity index (χ1) is 13.0. The van der Waals surface area contributed by atoms with Crippen LogP contribution in [0.3, 0.4) is 0 Å². The minimum atomic E-state index is -1.04. The van der Waals surface area contributed by atoms with Crippen LogP contribution in [0.1, 0.15) is 11.3 Å². The number of carbonyl (C=O) groups is 4. The number of methoxy groups -OCH3 is 1. The van der Waals surface area contributed by atoms with Crippen LogP contribution in [0.2, 0.25) is 0 Å². The third-order valence-corrected chi connectivity index (χ3v) is 3.98. The first kappa shape index (κ1) is 18.2. The predicted molar refractivity (Wildman–Crippen MR) is 91.2 cm³/mol. The fraction of sp³-hybridized carbons (Fsp3) is 0.222. The number of imide groups is 2. The van der Waals surface area contributed by atoms with Crippen molar-refractivity contribution >= 4 is 23.8 Å². The molecule has 0 atom stereocenters. The van der Waals surface area contributed by atoms with Gasteiger partial charge in [-0.1, -0.05) is 12.1 Å². The van der Waals surface area contributed by atoms with Gasteiger partial charge in [-0.3, -0.25) is 14.4 Å². The number of nitrogens with one attached hydrogen (secondary N) is 1. The average Bonchev–Trinajstić information content (AvgIpc) is 3.26. The van der Waals surface area contributed by atoms with Crippen molar-refractivity contribution in [3.63, 3.8) is 0 Å². The summed E-state index contributed by atoms with van der Waals surface area (Å²) in [4.78, 5) is 49.8. The molecule has 1 aromatic carbocycles. The number of nitrogens with zero attached hydrogens (tertiary/aromatic N) is 2. The summed E-state index contributed by atoms with van der Waals surface area (Å²) in [5.74, 6) is -1.53. The van der Waals surface area contributed by atoms with Gasteiger partial charge in [0.05, 0.1) is 19.9 Å². The van der Waals surface area contributed by atoms with Crippen LogP contribution in [0.15, 0.2) is 47.1 Å². The molecule has 0 radical (unpaired) electrons. The molecule has 0 saturated carbocycles. The van der Waals surface area contributed by atoms with Crippen LogP contribution < -0.4 is 10.1 Å². The van der Waals surface area contributed by atoms with Crippen LogP contribution in [-0.4, -0.2) is 47.2 Å². The van der Waals surface area contributed by atoms with Gasteiger partial charge in [0.1, 0.15) is 18.1 Å². The lowest BCUT2D eigenvalue weighted by Crippen LogP contribution is -2.41.